The van der Waals surface area contributed by atoms with Crippen LogP contribution in [0.4, 0.5) is 0 Å². The van der Waals surface area contributed by atoms with E-state index in [1.807, 2.05) is 0 Å². The number of hydrogen-bond donors (Lipinski definition) is 1. The SMILES string of the molecule is CNC(c1cnccn1)C(C)S(C)(=O)=O. The Labute approximate surface area is 89.9 Å². The standard InChI is InChI=1S/C9H15N3O2S/c1-7(15(3,13)14)9(10-2)8-6-11-4-5-12-8/h4-7,9-10H,1-3H3. The van der Waals surface area contributed by atoms with Crippen LogP contribution in [0, 0.1) is 0 Å². The zero-order valence-electron chi connectivity index (χ0n) is 9.01. The third-order valence-corrected chi connectivity index (χ3v) is 3.98. The third-order valence-electron chi connectivity index (χ3n) is 2.36. The molecule has 2 atom stereocenters. The van der Waals surface area contributed by atoms with Crippen LogP contribution in [0.25, 0.3) is 0 Å². The van der Waals surface area contributed by atoms with Crippen molar-refractivity contribution in [2.45, 2.75) is 18.2 Å². The Morgan fingerprint density at radius 2 is 2.07 bits per heavy atom. The van der Waals surface area contributed by atoms with Gasteiger partial charge >= 0.3 is 0 Å². The number of nitrogens with one attached hydrogen (secondary N) is 1. The minimum atomic E-state index is -3.09. The fourth-order valence-electron chi connectivity index (χ4n) is 1.34. The molecule has 84 valence electrons. The molecule has 5 nitrogen and oxygen atoms in total. The molecular formula is C9H15N3O2S. The Kier molecular flexibility index (Phi) is 3.76. The average Bonchev–Trinajstić information content (AvgIpc) is 2.19. The fourth-order valence-corrected chi connectivity index (χ4v) is 2.11. The first-order valence-corrected chi connectivity index (χ1v) is 6.54. The van der Waals surface area contributed by atoms with Gasteiger partial charge in [0.25, 0.3) is 0 Å². The van der Waals surface area contributed by atoms with Gasteiger partial charge < -0.3 is 5.32 Å². The van der Waals surface area contributed by atoms with Crippen LogP contribution >= 0.6 is 0 Å². The third kappa shape index (κ3) is 2.97. The van der Waals surface area contributed by atoms with Crippen LogP contribution in [0.3, 0.4) is 0 Å². The van der Waals surface area contributed by atoms with E-state index < -0.39 is 15.1 Å². The van der Waals surface area contributed by atoms with Gasteiger partial charge in [0.2, 0.25) is 0 Å². The first-order valence-electron chi connectivity index (χ1n) is 4.59. The number of sulfone groups is 1. The highest BCUT2D eigenvalue weighted by Crippen LogP contribution is 2.18. The van der Waals surface area contributed by atoms with Gasteiger partial charge in [-0.1, -0.05) is 0 Å². The van der Waals surface area contributed by atoms with Gasteiger partial charge in [0, 0.05) is 18.6 Å². The molecule has 2 unspecified atom stereocenters. The highest BCUT2D eigenvalue weighted by molar-refractivity contribution is 7.91. The molecular weight excluding hydrogens is 214 g/mol. The number of rotatable bonds is 4. The molecule has 0 bridgehead atoms. The molecule has 6 heteroatoms. The van der Waals surface area contributed by atoms with Crippen LogP contribution in [0.2, 0.25) is 0 Å². The normalized spacial score (nSPS) is 15.9. The van der Waals surface area contributed by atoms with Crippen LogP contribution in [-0.2, 0) is 9.84 Å². The maximum Gasteiger partial charge on any atom is 0.151 e. The van der Waals surface area contributed by atoms with Crippen molar-refractivity contribution in [1.29, 1.82) is 0 Å². The molecule has 0 aromatic carbocycles. The second-order valence-electron chi connectivity index (χ2n) is 3.43. The van der Waals surface area contributed by atoms with Crippen molar-refractivity contribution in [2.75, 3.05) is 13.3 Å². The summed E-state index contributed by atoms with van der Waals surface area (Å²) in [5.41, 5.74) is 0.637. The molecule has 1 rings (SSSR count). The maximum atomic E-state index is 11.4. The van der Waals surface area contributed by atoms with Gasteiger partial charge in [0.05, 0.1) is 23.2 Å². The van der Waals surface area contributed by atoms with E-state index in [1.54, 1.807) is 32.6 Å². The summed E-state index contributed by atoms with van der Waals surface area (Å²) in [6, 6.07) is -0.325. The molecule has 1 aromatic heterocycles. The van der Waals surface area contributed by atoms with Gasteiger partial charge in [-0.25, -0.2) is 8.42 Å². The summed E-state index contributed by atoms with van der Waals surface area (Å²) < 4.78 is 22.8. The van der Waals surface area contributed by atoms with Crippen molar-refractivity contribution in [3.8, 4) is 0 Å². The highest BCUT2D eigenvalue weighted by Gasteiger charge is 2.26. The number of hydrogen-bond acceptors (Lipinski definition) is 5. The fraction of sp³-hybridized carbons (Fsp3) is 0.556. The van der Waals surface area contributed by atoms with E-state index in [4.69, 9.17) is 0 Å². The molecule has 0 saturated heterocycles. The van der Waals surface area contributed by atoms with E-state index in [2.05, 4.69) is 15.3 Å². The summed E-state index contributed by atoms with van der Waals surface area (Å²) in [7, 11) is -1.38. The molecule has 0 saturated carbocycles. The molecule has 0 aliphatic carbocycles. The average molecular weight is 229 g/mol. The minimum absolute atomic E-state index is 0.325. The van der Waals surface area contributed by atoms with Crippen LogP contribution in [0.15, 0.2) is 18.6 Å². The Morgan fingerprint density at radius 1 is 1.40 bits per heavy atom. The van der Waals surface area contributed by atoms with Gasteiger partial charge in [-0.05, 0) is 14.0 Å². The van der Waals surface area contributed by atoms with E-state index in [0.29, 0.717) is 5.69 Å². The second kappa shape index (κ2) is 4.67. The van der Waals surface area contributed by atoms with Crippen LogP contribution < -0.4 is 5.32 Å². The molecule has 0 fully saturated rings. The van der Waals surface area contributed by atoms with Gasteiger partial charge in [-0.15, -0.1) is 0 Å². The molecule has 0 amide bonds. The summed E-state index contributed by atoms with van der Waals surface area (Å²) in [6.45, 7) is 1.66. The lowest BCUT2D eigenvalue weighted by molar-refractivity contribution is 0.525. The largest absolute Gasteiger partial charge is 0.311 e. The van der Waals surface area contributed by atoms with Gasteiger partial charge in [0.1, 0.15) is 0 Å². The first-order chi connectivity index (χ1) is 6.96. The molecule has 0 aliphatic heterocycles. The lowest BCUT2D eigenvalue weighted by Crippen LogP contribution is -2.33. The Balaban J connectivity index is 3.01. The quantitative estimate of drug-likeness (QED) is 0.797. The lowest BCUT2D eigenvalue weighted by Gasteiger charge is -2.20. The number of nitrogens with zero attached hydrogens (tertiary/aromatic N) is 2. The van der Waals surface area contributed by atoms with Crippen LogP contribution in [0.5, 0.6) is 0 Å². The zero-order chi connectivity index (χ0) is 11.5. The molecule has 1 heterocycles. The Hall–Kier alpha value is -1.01. The van der Waals surface area contributed by atoms with Crippen molar-refractivity contribution in [3.63, 3.8) is 0 Å². The molecule has 0 spiro atoms. The molecule has 1 aromatic rings. The summed E-state index contributed by atoms with van der Waals surface area (Å²) in [6.07, 6.45) is 5.90. The summed E-state index contributed by atoms with van der Waals surface area (Å²) in [5.74, 6) is 0. The second-order valence-corrected chi connectivity index (χ2v) is 5.83. The zero-order valence-corrected chi connectivity index (χ0v) is 9.82. The van der Waals surface area contributed by atoms with Gasteiger partial charge in [-0.2, -0.15) is 0 Å². The Bertz CT molecular complexity index is 405. The predicted octanol–water partition coefficient (Wildman–Crippen LogP) is 0.170. The smallest absolute Gasteiger partial charge is 0.151 e. The predicted molar refractivity (Wildman–Crippen MR) is 58.1 cm³/mol. The number of aromatic nitrogens is 2. The van der Waals surface area contributed by atoms with Gasteiger partial charge in [-0.3, -0.25) is 9.97 Å². The van der Waals surface area contributed by atoms with Crippen molar-refractivity contribution in [1.82, 2.24) is 15.3 Å². The molecule has 15 heavy (non-hydrogen) atoms. The van der Waals surface area contributed by atoms with E-state index >= 15 is 0 Å². The van der Waals surface area contributed by atoms with Gasteiger partial charge in [0.15, 0.2) is 9.84 Å². The molecule has 0 aliphatic rings. The lowest BCUT2D eigenvalue weighted by atomic mass is 10.1. The van der Waals surface area contributed by atoms with E-state index in [1.165, 1.54) is 6.26 Å². The van der Waals surface area contributed by atoms with Crippen molar-refractivity contribution >= 4 is 9.84 Å². The van der Waals surface area contributed by atoms with Crippen molar-refractivity contribution in [2.24, 2.45) is 0 Å². The van der Waals surface area contributed by atoms with Crippen molar-refractivity contribution in [3.05, 3.63) is 24.3 Å². The van der Waals surface area contributed by atoms with E-state index in [0.717, 1.165) is 0 Å². The summed E-state index contributed by atoms with van der Waals surface area (Å²) >= 11 is 0. The summed E-state index contributed by atoms with van der Waals surface area (Å²) in [5, 5.41) is 2.41. The first kappa shape index (κ1) is 12.1. The topological polar surface area (TPSA) is 72.0 Å². The highest BCUT2D eigenvalue weighted by atomic mass is 32.2. The van der Waals surface area contributed by atoms with Crippen molar-refractivity contribution < 1.29 is 8.42 Å². The summed E-state index contributed by atoms with van der Waals surface area (Å²) in [4.78, 5) is 8.02. The molecule has 0 radical (unpaired) electrons. The van der Waals surface area contributed by atoms with E-state index in [9.17, 15) is 8.42 Å². The van der Waals surface area contributed by atoms with E-state index in [-0.39, 0.29) is 6.04 Å². The van der Waals surface area contributed by atoms with Crippen LogP contribution in [-0.4, -0.2) is 36.9 Å². The van der Waals surface area contributed by atoms with Crippen LogP contribution in [0.1, 0.15) is 18.7 Å². The Morgan fingerprint density at radius 3 is 2.47 bits per heavy atom. The monoisotopic (exact) mass is 229 g/mol. The molecule has 1 N–H and O–H groups in total. The minimum Gasteiger partial charge on any atom is -0.311 e. The maximum absolute atomic E-state index is 11.4.